The molecule has 0 fully saturated rings. The summed E-state index contributed by atoms with van der Waals surface area (Å²) >= 11 is 3.09. The van der Waals surface area contributed by atoms with Gasteiger partial charge >= 0.3 is 6.18 Å². The Kier molecular flexibility index (Phi) is 4.17. The number of hydrogen-bond donors (Lipinski definition) is 2. The molecule has 0 atom stereocenters. The van der Waals surface area contributed by atoms with E-state index in [-0.39, 0.29) is 17.1 Å². The van der Waals surface area contributed by atoms with Crippen molar-refractivity contribution in [3.8, 4) is 0 Å². The summed E-state index contributed by atoms with van der Waals surface area (Å²) in [7, 11) is 0. The van der Waals surface area contributed by atoms with E-state index in [1.165, 1.54) is 24.4 Å². The van der Waals surface area contributed by atoms with Crippen molar-refractivity contribution in [2.75, 3.05) is 11.1 Å². The number of nitrogens with zero attached hydrogens (tertiary/aromatic N) is 1. The molecule has 0 saturated carbocycles. The van der Waals surface area contributed by atoms with Crippen molar-refractivity contribution < 1.29 is 18.0 Å². The number of anilines is 2. The van der Waals surface area contributed by atoms with Crippen LogP contribution in [0.5, 0.6) is 0 Å². The number of nitrogens with two attached hydrogens (primary N) is 1. The van der Waals surface area contributed by atoms with Gasteiger partial charge in [-0.05, 0) is 46.3 Å². The zero-order valence-corrected chi connectivity index (χ0v) is 12.0. The lowest BCUT2D eigenvalue weighted by Gasteiger charge is -2.12. The van der Waals surface area contributed by atoms with Crippen LogP contribution in [-0.2, 0) is 6.18 Å². The number of nitrogens with one attached hydrogen (secondary N) is 1. The topological polar surface area (TPSA) is 68.0 Å². The maximum absolute atomic E-state index is 12.7. The number of benzene rings is 1. The lowest BCUT2D eigenvalue weighted by Crippen LogP contribution is -2.14. The van der Waals surface area contributed by atoms with E-state index in [1.54, 1.807) is 0 Å². The molecule has 0 aliphatic heterocycles. The highest BCUT2D eigenvalue weighted by atomic mass is 79.9. The van der Waals surface area contributed by atoms with Gasteiger partial charge in [-0.2, -0.15) is 13.2 Å². The van der Waals surface area contributed by atoms with Crippen LogP contribution in [0.25, 0.3) is 0 Å². The number of amides is 1. The van der Waals surface area contributed by atoms with Gasteiger partial charge in [0.25, 0.3) is 5.91 Å². The third-order valence-corrected chi connectivity index (χ3v) is 3.28. The Morgan fingerprint density at radius 2 is 1.95 bits per heavy atom. The Balaban J connectivity index is 2.29. The van der Waals surface area contributed by atoms with Crippen LogP contribution in [0, 0.1) is 0 Å². The number of alkyl halides is 3. The van der Waals surface area contributed by atoms with E-state index in [0.29, 0.717) is 4.47 Å². The van der Waals surface area contributed by atoms with Crippen molar-refractivity contribution in [1.29, 1.82) is 0 Å². The number of carbonyl (C=O) groups excluding carboxylic acids is 1. The van der Waals surface area contributed by atoms with Gasteiger partial charge in [-0.25, -0.2) is 4.98 Å². The highest BCUT2D eigenvalue weighted by Crippen LogP contribution is 2.34. The zero-order chi connectivity index (χ0) is 15.6. The molecule has 0 aliphatic rings. The summed E-state index contributed by atoms with van der Waals surface area (Å²) in [6.45, 7) is 0. The number of halogens is 4. The molecule has 1 aromatic heterocycles. The minimum absolute atomic E-state index is 0.0187. The van der Waals surface area contributed by atoms with E-state index < -0.39 is 17.6 Å². The molecular weight excluding hydrogens is 351 g/mol. The van der Waals surface area contributed by atoms with Crippen molar-refractivity contribution in [2.45, 2.75) is 6.18 Å². The first-order valence-corrected chi connectivity index (χ1v) is 6.46. The second-order valence-electron chi connectivity index (χ2n) is 4.12. The number of rotatable bonds is 2. The van der Waals surface area contributed by atoms with Gasteiger partial charge in [0.2, 0.25) is 0 Å². The Bertz CT molecular complexity index is 689. The van der Waals surface area contributed by atoms with Gasteiger partial charge in [-0.1, -0.05) is 0 Å². The molecule has 0 radical (unpaired) electrons. The van der Waals surface area contributed by atoms with Gasteiger partial charge in [0.05, 0.1) is 11.3 Å². The predicted octanol–water partition coefficient (Wildman–Crippen LogP) is 3.70. The normalized spacial score (nSPS) is 11.2. The molecular formula is C13H9BrF3N3O. The summed E-state index contributed by atoms with van der Waals surface area (Å²) in [5, 5.41) is 2.40. The predicted molar refractivity (Wildman–Crippen MR) is 75.7 cm³/mol. The summed E-state index contributed by atoms with van der Waals surface area (Å²) in [6, 6.07) is 5.74. The van der Waals surface area contributed by atoms with Crippen molar-refractivity contribution in [3.05, 3.63) is 52.1 Å². The van der Waals surface area contributed by atoms with Gasteiger partial charge in [0, 0.05) is 16.2 Å². The van der Waals surface area contributed by atoms with Gasteiger partial charge in [0.15, 0.2) is 0 Å². The highest BCUT2D eigenvalue weighted by Gasteiger charge is 2.31. The molecule has 1 aromatic carbocycles. The molecule has 0 saturated heterocycles. The highest BCUT2D eigenvalue weighted by molar-refractivity contribution is 9.10. The van der Waals surface area contributed by atoms with Crippen LogP contribution in [0.15, 0.2) is 41.0 Å². The lowest BCUT2D eigenvalue weighted by molar-refractivity contribution is -0.137. The summed E-state index contributed by atoms with van der Waals surface area (Å²) in [6.07, 6.45) is -3.15. The molecule has 4 nitrogen and oxygen atoms in total. The van der Waals surface area contributed by atoms with Gasteiger partial charge < -0.3 is 11.1 Å². The summed E-state index contributed by atoms with van der Waals surface area (Å²) in [4.78, 5) is 15.7. The van der Waals surface area contributed by atoms with Crippen molar-refractivity contribution in [2.24, 2.45) is 0 Å². The molecule has 1 amide bonds. The second-order valence-corrected chi connectivity index (χ2v) is 4.97. The molecule has 1 heterocycles. The first-order valence-electron chi connectivity index (χ1n) is 5.67. The van der Waals surface area contributed by atoms with Gasteiger partial charge in [-0.15, -0.1) is 0 Å². The summed E-state index contributed by atoms with van der Waals surface area (Å²) < 4.78 is 38.3. The Hall–Kier alpha value is -2.09. The monoisotopic (exact) mass is 359 g/mol. The van der Waals surface area contributed by atoms with Gasteiger partial charge in [0.1, 0.15) is 5.82 Å². The molecule has 21 heavy (non-hydrogen) atoms. The third-order valence-electron chi connectivity index (χ3n) is 2.59. The number of hydrogen-bond acceptors (Lipinski definition) is 3. The van der Waals surface area contributed by atoms with Crippen LogP contribution in [0.2, 0.25) is 0 Å². The molecule has 0 bridgehead atoms. The van der Waals surface area contributed by atoms with Crippen LogP contribution in [-0.4, -0.2) is 10.9 Å². The van der Waals surface area contributed by atoms with Crippen molar-refractivity contribution in [1.82, 2.24) is 4.98 Å². The van der Waals surface area contributed by atoms with Crippen LogP contribution >= 0.6 is 15.9 Å². The molecule has 2 aromatic rings. The van der Waals surface area contributed by atoms with Crippen LogP contribution in [0.4, 0.5) is 24.7 Å². The minimum Gasteiger partial charge on any atom is -0.384 e. The number of pyridine rings is 1. The third kappa shape index (κ3) is 3.72. The van der Waals surface area contributed by atoms with E-state index in [1.807, 2.05) is 0 Å². The smallest absolute Gasteiger partial charge is 0.384 e. The molecule has 2 rings (SSSR count). The standard InChI is InChI=1S/C13H9BrF3N3O/c14-9-2-1-8(13(15,16)17)6-10(9)20-12(21)7-3-4-19-11(18)5-7/h1-6H,(H2,18,19)(H,20,21). The quantitative estimate of drug-likeness (QED) is 0.858. The van der Waals surface area contributed by atoms with Crippen LogP contribution in [0.1, 0.15) is 15.9 Å². The van der Waals surface area contributed by atoms with E-state index in [0.717, 1.165) is 12.1 Å². The Labute approximate surface area is 126 Å². The molecule has 8 heteroatoms. The first-order chi connectivity index (χ1) is 9.77. The largest absolute Gasteiger partial charge is 0.416 e. The fourth-order valence-electron chi connectivity index (χ4n) is 1.58. The number of nitrogen functional groups attached to an aromatic ring is 1. The van der Waals surface area contributed by atoms with Crippen molar-refractivity contribution >= 4 is 33.3 Å². The van der Waals surface area contributed by atoms with E-state index >= 15 is 0 Å². The van der Waals surface area contributed by atoms with Crippen LogP contribution in [0.3, 0.4) is 0 Å². The first kappa shape index (κ1) is 15.3. The summed E-state index contributed by atoms with van der Waals surface area (Å²) in [5.41, 5.74) is 4.82. The Morgan fingerprint density at radius 1 is 1.24 bits per heavy atom. The second kappa shape index (κ2) is 5.72. The minimum atomic E-state index is -4.48. The fraction of sp³-hybridized carbons (Fsp3) is 0.0769. The molecule has 110 valence electrons. The SMILES string of the molecule is Nc1cc(C(=O)Nc2cc(C(F)(F)F)ccc2Br)ccn1. The Morgan fingerprint density at radius 3 is 2.57 bits per heavy atom. The maximum atomic E-state index is 12.7. The number of carbonyl (C=O) groups is 1. The molecule has 0 aliphatic carbocycles. The molecule has 0 spiro atoms. The maximum Gasteiger partial charge on any atom is 0.416 e. The average Bonchev–Trinajstić information content (AvgIpc) is 2.40. The van der Waals surface area contributed by atoms with Gasteiger partial charge in [-0.3, -0.25) is 4.79 Å². The van der Waals surface area contributed by atoms with E-state index in [4.69, 9.17) is 5.73 Å². The average molecular weight is 360 g/mol. The van der Waals surface area contributed by atoms with Crippen molar-refractivity contribution in [3.63, 3.8) is 0 Å². The zero-order valence-electron chi connectivity index (χ0n) is 10.4. The summed E-state index contributed by atoms with van der Waals surface area (Å²) in [5.74, 6) is -0.435. The molecule has 0 unspecified atom stereocenters. The van der Waals surface area contributed by atoms with Crippen LogP contribution < -0.4 is 11.1 Å². The number of aromatic nitrogens is 1. The van der Waals surface area contributed by atoms with E-state index in [2.05, 4.69) is 26.2 Å². The van der Waals surface area contributed by atoms with E-state index in [9.17, 15) is 18.0 Å². The molecule has 3 N–H and O–H groups in total. The lowest BCUT2D eigenvalue weighted by atomic mass is 10.2. The fourth-order valence-corrected chi connectivity index (χ4v) is 1.93.